The lowest BCUT2D eigenvalue weighted by Gasteiger charge is -2.14. The molecule has 0 saturated heterocycles. The van der Waals surface area contributed by atoms with Crippen LogP contribution in [-0.4, -0.2) is 15.9 Å². The van der Waals surface area contributed by atoms with E-state index in [9.17, 15) is 18.0 Å². The molecule has 0 bridgehead atoms. The molecular formula is C30H22F3N5O. The van der Waals surface area contributed by atoms with Crippen molar-refractivity contribution in [3.63, 3.8) is 0 Å². The van der Waals surface area contributed by atoms with E-state index in [0.29, 0.717) is 22.8 Å². The minimum Gasteiger partial charge on any atom is -0.355 e. The fourth-order valence-electron chi connectivity index (χ4n) is 3.93. The van der Waals surface area contributed by atoms with Gasteiger partial charge in [0.05, 0.1) is 11.3 Å². The van der Waals surface area contributed by atoms with Crippen LogP contribution in [0.5, 0.6) is 0 Å². The van der Waals surface area contributed by atoms with Gasteiger partial charge in [-0.3, -0.25) is 4.79 Å². The Morgan fingerprint density at radius 1 is 0.667 bits per heavy atom. The minimum absolute atomic E-state index is 0.213. The van der Waals surface area contributed by atoms with Crippen molar-refractivity contribution in [2.24, 2.45) is 0 Å². The second-order valence-electron chi connectivity index (χ2n) is 8.56. The maximum absolute atomic E-state index is 13.1. The monoisotopic (exact) mass is 525 g/mol. The third-order valence-corrected chi connectivity index (χ3v) is 5.77. The SMILES string of the molecule is O=C(Nc1cccc(Nc2ccccc2-c2cc(Nc3cccc(C(F)(F)F)c3)ncn2)c1)c1ccccc1. The van der Waals surface area contributed by atoms with Gasteiger partial charge in [0.2, 0.25) is 0 Å². The van der Waals surface area contributed by atoms with Crippen LogP contribution in [0.1, 0.15) is 15.9 Å². The number of nitrogens with zero attached hydrogens (tertiary/aromatic N) is 2. The van der Waals surface area contributed by atoms with E-state index >= 15 is 0 Å². The van der Waals surface area contributed by atoms with Crippen molar-refractivity contribution in [3.8, 4) is 11.3 Å². The van der Waals surface area contributed by atoms with E-state index < -0.39 is 11.7 Å². The molecule has 39 heavy (non-hydrogen) atoms. The number of rotatable bonds is 7. The number of anilines is 5. The minimum atomic E-state index is -4.44. The zero-order chi connectivity index (χ0) is 27.2. The van der Waals surface area contributed by atoms with Gasteiger partial charge >= 0.3 is 6.18 Å². The van der Waals surface area contributed by atoms with Crippen molar-refractivity contribution in [2.75, 3.05) is 16.0 Å². The first-order valence-corrected chi connectivity index (χ1v) is 11.9. The van der Waals surface area contributed by atoms with Gasteiger partial charge in [-0.15, -0.1) is 0 Å². The van der Waals surface area contributed by atoms with E-state index in [2.05, 4.69) is 25.9 Å². The Labute approximate surface area is 222 Å². The summed E-state index contributed by atoms with van der Waals surface area (Å²) in [5.41, 5.74) is 3.49. The zero-order valence-electron chi connectivity index (χ0n) is 20.4. The Morgan fingerprint density at radius 2 is 1.36 bits per heavy atom. The van der Waals surface area contributed by atoms with E-state index in [-0.39, 0.29) is 11.6 Å². The third kappa shape index (κ3) is 6.40. The Bertz CT molecular complexity index is 1610. The molecule has 0 spiro atoms. The molecule has 1 amide bonds. The molecule has 4 aromatic carbocycles. The molecule has 5 aromatic rings. The van der Waals surface area contributed by atoms with Gasteiger partial charge in [-0.2, -0.15) is 13.2 Å². The number of hydrogen-bond acceptors (Lipinski definition) is 5. The highest BCUT2D eigenvalue weighted by atomic mass is 19.4. The first kappa shape index (κ1) is 25.5. The number of hydrogen-bond donors (Lipinski definition) is 3. The molecule has 0 aliphatic carbocycles. The lowest BCUT2D eigenvalue weighted by atomic mass is 10.1. The van der Waals surface area contributed by atoms with Crippen molar-refractivity contribution < 1.29 is 18.0 Å². The molecule has 3 N–H and O–H groups in total. The standard InChI is InChI=1S/C30H22F3N5O/c31-30(32,33)21-10-6-11-22(16-21)37-28-18-27(34-19-35-28)25-14-4-5-15-26(25)36-23-12-7-13-24(17-23)38-29(39)20-8-2-1-3-9-20/h1-19,36H,(H,38,39)(H,34,35,37). The lowest BCUT2D eigenvalue weighted by molar-refractivity contribution is -0.137. The average Bonchev–Trinajstić information content (AvgIpc) is 2.94. The number of amides is 1. The highest BCUT2D eigenvalue weighted by Gasteiger charge is 2.30. The second-order valence-corrected chi connectivity index (χ2v) is 8.56. The molecular weight excluding hydrogens is 503 g/mol. The van der Waals surface area contributed by atoms with Gasteiger partial charge < -0.3 is 16.0 Å². The molecule has 9 heteroatoms. The predicted molar refractivity (Wildman–Crippen MR) is 146 cm³/mol. The Kier molecular flexibility index (Phi) is 7.22. The summed E-state index contributed by atoms with van der Waals surface area (Å²) in [6, 6.07) is 30.3. The summed E-state index contributed by atoms with van der Waals surface area (Å²) in [6.07, 6.45) is -3.09. The molecule has 5 rings (SSSR count). The molecule has 1 heterocycles. The molecule has 194 valence electrons. The topological polar surface area (TPSA) is 78.9 Å². The number of para-hydroxylation sites is 1. The highest BCUT2D eigenvalue weighted by Crippen LogP contribution is 2.33. The van der Waals surface area contributed by atoms with Gasteiger partial charge in [0, 0.05) is 39.9 Å². The molecule has 0 saturated carbocycles. The van der Waals surface area contributed by atoms with Gasteiger partial charge in [-0.05, 0) is 54.6 Å². The molecule has 0 fully saturated rings. The Hall–Kier alpha value is -5.18. The van der Waals surface area contributed by atoms with Crippen LogP contribution in [0.25, 0.3) is 11.3 Å². The number of aromatic nitrogens is 2. The summed E-state index contributed by atoms with van der Waals surface area (Å²) in [4.78, 5) is 21.1. The summed E-state index contributed by atoms with van der Waals surface area (Å²) in [6.45, 7) is 0. The summed E-state index contributed by atoms with van der Waals surface area (Å²) < 4.78 is 39.3. The predicted octanol–water partition coefficient (Wildman–Crippen LogP) is 7.90. The summed E-state index contributed by atoms with van der Waals surface area (Å²) in [5, 5.41) is 9.18. The first-order chi connectivity index (χ1) is 18.8. The van der Waals surface area contributed by atoms with Crippen LogP contribution < -0.4 is 16.0 Å². The zero-order valence-corrected chi connectivity index (χ0v) is 20.4. The van der Waals surface area contributed by atoms with Crippen molar-refractivity contribution in [1.29, 1.82) is 0 Å². The van der Waals surface area contributed by atoms with E-state index in [1.165, 1.54) is 18.5 Å². The molecule has 1 aromatic heterocycles. The van der Waals surface area contributed by atoms with Crippen LogP contribution in [0.4, 0.5) is 41.7 Å². The molecule has 0 radical (unpaired) electrons. The van der Waals surface area contributed by atoms with Crippen molar-refractivity contribution in [2.45, 2.75) is 6.18 Å². The fourth-order valence-corrected chi connectivity index (χ4v) is 3.93. The third-order valence-electron chi connectivity index (χ3n) is 5.77. The van der Waals surface area contributed by atoms with Crippen LogP contribution in [0.15, 0.2) is 116 Å². The number of alkyl halides is 3. The Balaban J connectivity index is 1.36. The summed E-state index contributed by atoms with van der Waals surface area (Å²) in [7, 11) is 0. The maximum Gasteiger partial charge on any atom is 0.416 e. The van der Waals surface area contributed by atoms with Gasteiger partial charge in [0.15, 0.2) is 0 Å². The van der Waals surface area contributed by atoms with Gasteiger partial charge in [0.25, 0.3) is 5.91 Å². The van der Waals surface area contributed by atoms with E-state index in [4.69, 9.17) is 0 Å². The van der Waals surface area contributed by atoms with E-state index in [0.717, 1.165) is 29.1 Å². The van der Waals surface area contributed by atoms with Crippen LogP contribution in [0.3, 0.4) is 0 Å². The Morgan fingerprint density at radius 3 is 2.15 bits per heavy atom. The van der Waals surface area contributed by atoms with E-state index in [1.807, 2.05) is 48.5 Å². The normalized spacial score (nSPS) is 11.1. The molecule has 0 aliphatic heterocycles. The summed E-state index contributed by atoms with van der Waals surface area (Å²) in [5.74, 6) is 0.134. The second kappa shape index (κ2) is 11.1. The number of carbonyl (C=O) groups excluding carboxylic acids is 1. The smallest absolute Gasteiger partial charge is 0.355 e. The van der Waals surface area contributed by atoms with Crippen LogP contribution in [0, 0.1) is 0 Å². The van der Waals surface area contributed by atoms with Crippen molar-refractivity contribution in [1.82, 2.24) is 9.97 Å². The molecule has 0 aliphatic rings. The van der Waals surface area contributed by atoms with E-state index in [1.54, 1.807) is 36.4 Å². The van der Waals surface area contributed by atoms with Gasteiger partial charge in [0.1, 0.15) is 12.1 Å². The van der Waals surface area contributed by atoms with Gasteiger partial charge in [-0.25, -0.2) is 9.97 Å². The quantitative estimate of drug-likeness (QED) is 0.201. The van der Waals surface area contributed by atoms with Crippen molar-refractivity contribution >= 4 is 34.5 Å². The van der Waals surface area contributed by atoms with Crippen molar-refractivity contribution in [3.05, 3.63) is 127 Å². The molecule has 6 nitrogen and oxygen atoms in total. The van der Waals surface area contributed by atoms with Crippen LogP contribution >= 0.6 is 0 Å². The number of benzene rings is 4. The molecule has 0 atom stereocenters. The largest absolute Gasteiger partial charge is 0.416 e. The first-order valence-electron chi connectivity index (χ1n) is 11.9. The fraction of sp³-hybridized carbons (Fsp3) is 0.0333. The van der Waals surface area contributed by atoms with Crippen LogP contribution in [0.2, 0.25) is 0 Å². The van der Waals surface area contributed by atoms with Crippen LogP contribution in [-0.2, 0) is 6.18 Å². The van der Waals surface area contributed by atoms with Gasteiger partial charge in [-0.1, -0.05) is 48.5 Å². The average molecular weight is 526 g/mol. The number of carbonyl (C=O) groups is 1. The lowest BCUT2D eigenvalue weighted by Crippen LogP contribution is -2.11. The maximum atomic E-state index is 13.1. The highest BCUT2D eigenvalue weighted by molar-refractivity contribution is 6.04. The number of halogens is 3. The number of nitrogens with one attached hydrogen (secondary N) is 3. The summed E-state index contributed by atoms with van der Waals surface area (Å²) >= 11 is 0. The molecule has 0 unspecified atom stereocenters.